The fourth-order valence-corrected chi connectivity index (χ4v) is 2.70. The third-order valence-electron chi connectivity index (χ3n) is 4.08. The van der Waals surface area contributed by atoms with E-state index in [9.17, 15) is 18.4 Å². The predicted molar refractivity (Wildman–Crippen MR) is 94.5 cm³/mol. The van der Waals surface area contributed by atoms with E-state index < -0.39 is 29.5 Å². The van der Waals surface area contributed by atoms with E-state index in [0.29, 0.717) is 0 Å². The second-order valence-electron chi connectivity index (χ2n) is 5.94. The molecule has 3 aromatic carbocycles. The van der Waals surface area contributed by atoms with Gasteiger partial charge in [-0.25, -0.2) is 8.78 Å². The zero-order chi connectivity index (χ0) is 18.7. The first kappa shape index (κ1) is 17.5. The maximum atomic E-state index is 13.3. The molecule has 1 atom stereocenters. The lowest BCUT2D eigenvalue weighted by Gasteiger charge is -2.16. The smallest absolute Gasteiger partial charge is 0.252 e. The molecule has 26 heavy (non-hydrogen) atoms. The van der Waals surface area contributed by atoms with E-state index >= 15 is 0 Å². The largest absolute Gasteiger partial charge is 0.368 e. The molecule has 0 heterocycles. The van der Waals surface area contributed by atoms with Crippen molar-refractivity contribution < 1.29 is 18.4 Å². The van der Waals surface area contributed by atoms with Crippen molar-refractivity contribution in [3.8, 4) is 0 Å². The van der Waals surface area contributed by atoms with Crippen LogP contribution in [0.25, 0.3) is 10.8 Å². The number of amides is 2. The molecule has 0 aromatic heterocycles. The summed E-state index contributed by atoms with van der Waals surface area (Å²) < 4.78 is 26.3. The minimum Gasteiger partial charge on any atom is -0.368 e. The summed E-state index contributed by atoms with van der Waals surface area (Å²) >= 11 is 0. The second kappa shape index (κ2) is 7.31. The van der Waals surface area contributed by atoms with Gasteiger partial charge in [0.25, 0.3) is 5.91 Å². The van der Waals surface area contributed by atoms with Crippen molar-refractivity contribution in [1.29, 1.82) is 0 Å². The monoisotopic (exact) mass is 354 g/mol. The van der Waals surface area contributed by atoms with Crippen molar-refractivity contribution in [2.45, 2.75) is 12.5 Å². The normalized spacial score (nSPS) is 11.9. The van der Waals surface area contributed by atoms with E-state index in [4.69, 9.17) is 5.73 Å². The number of carbonyl (C=O) groups excluding carboxylic acids is 2. The van der Waals surface area contributed by atoms with Gasteiger partial charge >= 0.3 is 0 Å². The van der Waals surface area contributed by atoms with Gasteiger partial charge in [0.1, 0.15) is 6.04 Å². The molecular weight excluding hydrogens is 338 g/mol. The van der Waals surface area contributed by atoms with Crippen molar-refractivity contribution in [2.24, 2.45) is 5.73 Å². The van der Waals surface area contributed by atoms with Gasteiger partial charge in [0.2, 0.25) is 5.91 Å². The summed E-state index contributed by atoms with van der Waals surface area (Å²) in [4.78, 5) is 23.9. The number of primary amides is 1. The van der Waals surface area contributed by atoms with Gasteiger partial charge in [-0.1, -0.05) is 42.5 Å². The third-order valence-corrected chi connectivity index (χ3v) is 4.08. The van der Waals surface area contributed by atoms with Crippen LogP contribution in [0.3, 0.4) is 0 Å². The lowest BCUT2D eigenvalue weighted by atomic mass is 10.0. The molecule has 2 amide bonds. The van der Waals surface area contributed by atoms with E-state index in [-0.39, 0.29) is 12.0 Å². The first-order chi connectivity index (χ1) is 12.4. The molecule has 3 rings (SSSR count). The van der Waals surface area contributed by atoms with Crippen molar-refractivity contribution in [1.82, 2.24) is 5.32 Å². The Balaban J connectivity index is 1.78. The third kappa shape index (κ3) is 3.85. The van der Waals surface area contributed by atoms with E-state index in [0.717, 1.165) is 34.5 Å². The Morgan fingerprint density at radius 1 is 0.923 bits per heavy atom. The van der Waals surface area contributed by atoms with Gasteiger partial charge in [-0.3, -0.25) is 9.59 Å². The number of hydrogen-bond donors (Lipinski definition) is 2. The molecule has 3 N–H and O–H groups in total. The predicted octanol–water partition coefficient (Wildman–Crippen LogP) is 2.94. The van der Waals surface area contributed by atoms with Crippen LogP contribution < -0.4 is 11.1 Å². The van der Waals surface area contributed by atoms with Gasteiger partial charge in [0.05, 0.1) is 0 Å². The molecule has 0 aliphatic carbocycles. The number of halogens is 2. The average Bonchev–Trinajstić information content (AvgIpc) is 2.63. The van der Waals surface area contributed by atoms with Crippen LogP contribution in [-0.2, 0) is 11.2 Å². The molecule has 0 bridgehead atoms. The van der Waals surface area contributed by atoms with Crippen molar-refractivity contribution in [2.75, 3.05) is 0 Å². The molecule has 6 heteroatoms. The van der Waals surface area contributed by atoms with Gasteiger partial charge in [-0.15, -0.1) is 0 Å². The van der Waals surface area contributed by atoms with Gasteiger partial charge in [-0.05, 0) is 34.5 Å². The number of nitrogens with one attached hydrogen (secondary N) is 1. The van der Waals surface area contributed by atoms with E-state index in [1.54, 1.807) is 0 Å². The molecule has 132 valence electrons. The zero-order valence-corrected chi connectivity index (χ0v) is 13.7. The minimum atomic E-state index is -1.14. The average molecular weight is 354 g/mol. The lowest BCUT2D eigenvalue weighted by Crippen LogP contribution is -2.45. The van der Waals surface area contributed by atoms with Crippen LogP contribution in [-0.4, -0.2) is 17.9 Å². The lowest BCUT2D eigenvalue weighted by molar-refractivity contribution is -0.119. The highest BCUT2D eigenvalue weighted by molar-refractivity contribution is 5.97. The highest BCUT2D eigenvalue weighted by Gasteiger charge is 2.20. The summed E-state index contributed by atoms with van der Waals surface area (Å²) in [6.07, 6.45) is 0.190. The SMILES string of the molecule is NC(=O)[C@H](Cc1ccc2ccccc2c1)NC(=O)c1ccc(F)c(F)c1. The van der Waals surface area contributed by atoms with Crippen LogP contribution in [0.4, 0.5) is 8.78 Å². The van der Waals surface area contributed by atoms with Crippen LogP contribution in [0, 0.1) is 11.6 Å². The number of hydrogen-bond acceptors (Lipinski definition) is 2. The fraction of sp³-hybridized carbons (Fsp3) is 0.100. The first-order valence-electron chi connectivity index (χ1n) is 7.97. The molecule has 0 unspecified atom stereocenters. The Hall–Kier alpha value is -3.28. The van der Waals surface area contributed by atoms with E-state index in [2.05, 4.69) is 5.32 Å². The Bertz CT molecular complexity index is 988. The van der Waals surface area contributed by atoms with Crippen LogP contribution in [0.5, 0.6) is 0 Å². The minimum absolute atomic E-state index is 0.0892. The van der Waals surface area contributed by atoms with Crippen molar-refractivity contribution in [3.05, 3.63) is 83.4 Å². The molecule has 0 aliphatic rings. The molecule has 0 saturated carbocycles. The molecule has 0 saturated heterocycles. The summed E-state index contributed by atoms with van der Waals surface area (Å²) in [6.45, 7) is 0. The van der Waals surface area contributed by atoms with Crippen LogP contribution in [0.1, 0.15) is 15.9 Å². The number of nitrogens with two attached hydrogens (primary N) is 1. The highest BCUT2D eigenvalue weighted by Crippen LogP contribution is 2.17. The standard InChI is InChI=1S/C20H16F2N2O2/c21-16-8-7-15(11-17(16)22)20(26)24-18(19(23)25)10-12-5-6-13-3-1-2-4-14(13)9-12/h1-9,11,18H,10H2,(H2,23,25)(H,24,26)/t18-/m0/s1. The van der Waals surface area contributed by atoms with E-state index in [1.807, 2.05) is 42.5 Å². The molecule has 0 radical (unpaired) electrons. The van der Waals surface area contributed by atoms with Gasteiger partial charge in [0.15, 0.2) is 11.6 Å². The first-order valence-corrected chi connectivity index (χ1v) is 7.97. The maximum Gasteiger partial charge on any atom is 0.252 e. The molecule has 0 spiro atoms. The number of carbonyl (C=O) groups is 2. The molecule has 0 aliphatic heterocycles. The fourth-order valence-electron chi connectivity index (χ4n) is 2.70. The number of rotatable bonds is 5. The summed E-state index contributed by atoms with van der Waals surface area (Å²) in [5.74, 6) is -3.60. The maximum absolute atomic E-state index is 13.3. The van der Waals surface area contributed by atoms with Gasteiger partial charge in [-0.2, -0.15) is 0 Å². The van der Waals surface area contributed by atoms with Crippen molar-refractivity contribution in [3.63, 3.8) is 0 Å². The molecule has 3 aromatic rings. The second-order valence-corrected chi connectivity index (χ2v) is 5.94. The summed E-state index contributed by atoms with van der Waals surface area (Å²) in [5, 5.41) is 4.53. The Kier molecular flexibility index (Phi) is 4.93. The van der Waals surface area contributed by atoms with Crippen LogP contribution in [0.15, 0.2) is 60.7 Å². The molecule has 0 fully saturated rings. The van der Waals surface area contributed by atoms with Gasteiger partial charge < -0.3 is 11.1 Å². The zero-order valence-electron chi connectivity index (χ0n) is 13.7. The molecule has 4 nitrogen and oxygen atoms in total. The topological polar surface area (TPSA) is 72.2 Å². The summed E-state index contributed by atoms with van der Waals surface area (Å²) in [7, 11) is 0. The quantitative estimate of drug-likeness (QED) is 0.739. The molecular formula is C20H16F2N2O2. The Labute approximate surface area is 148 Å². The van der Waals surface area contributed by atoms with Crippen LogP contribution in [0.2, 0.25) is 0 Å². The highest BCUT2D eigenvalue weighted by atomic mass is 19.2. The van der Waals surface area contributed by atoms with Gasteiger partial charge in [0, 0.05) is 12.0 Å². The van der Waals surface area contributed by atoms with Crippen LogP contribution >= 0.6 is 0 Å². The Morgan fingerprint density at radius 2 is 1.65 bits per heavy atom. The number of fused-ring (bicyclic) bond motifs is 1. The number of benzene rings is 3. The van der Waals surface area contributed by atoms with Crippen molar-refractivity contribution >= 4 is 22.6 Å². The van der Waals surface area contributed by atoms with E-state index in [1.165, 1.54) is 0 Å². The summed E-state index contributed by atoms with van der Waals surface area (Å²) in [6, 6.07) is 15.2. The summed E-state index contributed by atoms with van der Waals surface area (Å²) in [5.41, 5.74) is 6.12. The Morgan fingerprint density at radius 3 is 2.35 bits per heavy atom.